The van der Waals surface area contributed by atoms with Crippen molar-refractivity contribution in [3.8, 4) is 5.75 Å². The van der Waals surface area contributed by atoms with Crippen molar-refractivity contribution in [2.75, 3.05) is 7.11 Å². The van der Waals surface area contributed by atoms with E-state index in [0.29, 0.717) is 0 Å². The fourth-order valence-electron chi connectivity index (χ4n) is 1.50. The van der Waals surface area contributed by atoms with Crippen molar-refractivity contribution < 1.29 is 22.7 Å². The highest BCUT2D eigenvalue weighted by Gasteiger charge is 2.35. The van der Waals surface area contributed by atoms with Gasteiger partial charge in [-0.2, -0.15) is 13.2 Å². The van der Waals surface area contributed by atoms with Crippen LogP contribution in [-0.2, 0) is 17.4 Å². The van der Waals surface area contributed by atoms with Gasteiger partial charge in [0.2, 0.25) is 0 Å². The predicted octanol–water partition coefficient (Wildman–Crippen LogP) is 3.61. The van der Waals surface area contributed by atoms with Crippen molar-refractivity contribution in [2.24, 2.45) is 0 Å². The molecule has 0 radical (unpaired) electrons. The van der Waals surface area contributed by atoms with E-state index >= 15 is 0 Å². The van der Waals surface area contributed by atoms with Gasteiger partial charge < -0.3 is 4.74 Å². The number of carbonyl (C=O) groups is 1. The third-order valence-electron chi connectivity index (χ3n) is 2.08. The van der Waals surface area contributed by atoms with Gasteiger partial charge in [0.1, 0.15) is 11.5 Å². The van der Waals surface area contributed by atoms with Crippen molar-refractivity contribution in [1.29, 1.82) is 0 Å². The lowest BCUT2D eigenvalue weighted by molar-refractivity contribution is -0.139. The van der Waals surface area contributed by atoms with Crippen LogP contribution in [-0.4, -0.2) is 12.9 Å². The SMILES string of the molecule is COc1c(CC(C)=O)cc(Br)cc1C(F)(F)F. The highest BCUT2D eigenvalue weighted by molar-refractivity contribution is 9.10. The Hall–Kier alpha value is -1.04. The van der Waals surface area contributed by atoms with Crippen LogP contribution in [0.2, 0.25) is 0 Å². The van der Waals surface area contributed by atoms with E-state index in [4.69, 9.17) is 4.74 Å². The molecule has 0 saturated carbocycles. The highest BCUT2D eigenvalue weighted by Crippen LogP contribution is 2.40. The number of rotatable bonds is 3. The summed E-state index contributed by atoms with van der Waals surface area (Å²) in [4.78, 5) is 11.0. The minimum absolute atomic E-state index is 0.0916. The van der Waals surface area contributed by atoms with Crippen molar-refractivity contribution in [3.05, 3.63) is 27.7 Å². The monoisotopic (exact) mass is 310 g/mol. The lowest BCUT2D eigenvalue weighted by atomic mass is 10.0. The minimum Gasteiger partial charge on any atom is -0.496 e. The van der Waals surface area contributed by atoms with Gasteiger partial charge in [0.05, 0.1) is 12.7 Å². The molecule has 17 heavy (non-hydrogen) atoms. The van der Waals surface area contributed by atoms with E-state index in [1.165, 1.54) is 13.0 Å². The summed E-state index contributed by atoms with van der Waals surface area (Å²) in [5.74, 6) is -0.523. The number of ether oxygens (including phenoxy) is 1. The molecule has 0 unspecified atom stereocenters. The summed E-state index contributed by atoms with van der Waals surface area (Å²) in [6.45, 7) is 1.31. The van der Waals surface area contributed by atoms with Crippen LogP contribution < -0.4 is 4.74 Å². The van der Waals surface area contributed by atoms with Crippen molar-refractivity contribution in [2.45, 2.75) is 19.5 Å². The Morgan fingerprint density at radius 3 is 2.41 bits per heavy atom. The van der Waals surface area contributed by atoms with Crippen LogP contribution >= 0.6 is 15.9 Å². The number of methoxy groups -OCH3 is 1. The van der Waals surface area contributed by atoms with Gasteiger partial charge >= 0.3 is 6.18 Å². The van der Waals surface area contributed by atoms with E-state index in [0.717, 1.165) is 13.2 Å². The molecule has 0 atom stereocenters. The average Bonchev–Trinajstić information content (AvgIpc) is 2.14. The molecule has 6 heteroatoms. The first-order valence-electron chi connectivity index (χ1n) is 4.68. The summed E-state index contributed by atoms with van der Waals surface area (Å²) in [5.41, 5.74) is -0.660. The molecule has 1 aromatic rings. The second-order valence-corrected chi connectivity index (χ2v) is 4.44. The largest absolute Gasteiger partial charge is 0.496 e. The second kappa shape index (κ2) is 5.08. The van der Waals surface area contributed by atoms with Gasteiger partial charge in [-0.25, -0.2) is 0 Å². The summed E-state index contributed by atoms with van der Waals surface area (Å²) >= 11 is 2.99. The number of carbonyl (C=O) groups excluding carboxylic acids is 1. The molecular weight excluding hydrogens is 301 g/mol. The molecule has 94 valence electrons. The number of Topliss-reactive ketones (excluding diaryl/α,β-unsaturated/α-hetero) is 1. The van der Waals surface area contributed by atoms with Crippen LogP contribution in [0.4, 0.5) is 13.2 Å². The van der Waals surface area contributed by atoms with Crippen LogP contribution in [0.1, 0.15) is 18.1 Å². The molecule has 0 spiro atoms. The minimum atomic E-state index is -4.51. The average molecular weight is 311 g/mol. The smallest absolute Gasteiger partial charge is 0.420 e. The Morgan fingerprint density at radius 1 is 1.41 bits per heavy atom. The third-order valence-corrected chi connectivity index (χ3v) is 2.54. The molecule has 0 fully saturated rings. The van der Waals surface area contributed by atoms with E-state index in [1.807, 2.05) is 0 Å². The molecule has 0 N–H and O–H groups in total. The number of halogens is 4. The van der Waals surface area contributed by atoms with E-state index < -0.39 is 11.7 Å². The molecule has 0 heterocycles. The number of alkyl halides is 3. The molecule has 0 aromatic heterocycles. The summed E-state index contributed by atoms with van der Waals surface area (Å²) < 4.78 is 43.3. The van der Waals surface area contributed by atoms with E-state index in [1.54, 1.807) is 0 Å². The van der Waals surface area contributed by atoms with E-state index in [-0.39, 0.29) is 28.0 Å². The predicted molar refractivity (Wildman–Crippen MR) is 60.1 cm³/mol. The maximum absolute atomic E-state index is 12.7. The Kier molecular flexibility index (Phi) is 4.19. The molecule has 0 bridgehead atoms. The van der Waals surface area contributed by atoms with Crippen LogP contribution in [0, 0.1) is 0 Å². The van der Waals surface area contributed by atoms with E-state index in [9.17, 15) is 18.0 Å². The van der Waals surface area contributed by atoms with Crippen molar-refractivity contribution >= 4 is 21.7 Å². The quantitative estimate of drug-likeness (QED) is 0.852. The standard InChI is InChI=1S/C11H10BrF3O2/c1-6(16)3-7-4-8(12)5-9(10(7)17-2)11(13,14)15/h4-5H,3H2,1-2H3. The summed E-state index contributed by atoms with van der Waals surface area (Å²) in [6, 6.07) is 2.39. The zero-order valence-electron chi connectivity index (χ0n) is 9.19. The maximum atomic E-state index is 12.7. The van der Waals surface area contributed by atoms with Crippen molar-refractivity contribution in [3.63, 3.8) is 0 Å². The molecule has 0 aliphatic rings. The third kappa shape index (κ3) is 3.46. The van der Waals surface area contributed by atoms with Crippen LogP contribution in [0.5, 0.6) is 5.75 Å². The topological polar surface area (TPSA) is 26.3 Å². The maximum Gasteiger partial charge on any atom is 0.420 e. The zero-order chi connectivity index (χ0) is 13.2. The number of hydrogen-bond acceptors (Lipinski definition) is 2. The van der Waals surface area contributed by atoms with E-state index in [2.05, 4.69) is 15.9 Å². The van der Waals surface area contributed by atoms with Gasteiger partial charge in [0, 0.05) is 16.5 Å². The number of hydrogen-bond donors (Lipinski definition) is 0. The summed E-state index contributed by atoms with van der Waals surface area (Å²) in [7, 11) is 1.15. The summed E-state index contributed by atoms with van der Waals surface area (Å²) in [6.07, 6.45) is -4.60. The first-order chi connectivity index (χ1) is 7.75. The molecule has 1 rings (SSSR count). The van der Waals surface area contributed by atoms with Gasteiger partial charge in [-0.1, -0.05) is 15.9 Å². The molecule has 0 saturated heterocycles. The molecule has 2 nitrogen and oxygen atoms in total. The molecule has 0 aliphatic heterocycles. The molecule has 1 aromatic carbocycles. The Bertz CT molecular complexity index is 441. The van der Waals surface area contributed by atoms with Gasteiger partial charge in [0.15, 0.2) is 0 Å². The lowest BCUT2D eigenvalue weighted by Crippen LogP contribution is -2.10. The van der Waals surface area contributed by atoms with Crippen LogP contribution in [0.25, 0.3) is 0 Å². The van der Waals surface area contributed by atoms with Gasteiger partial charge in [0.25, 0.3) is 0 Å². The summed E-state index contributed by atoms with van der Waals surface area (Å²) in [5, 5.41) is 0. The van der Waals surface area contributed by atoms with Crippen molar-refractivity contribution in [1.82, 2.24) is 0 Å². The molecule has 0 amide bonds. The van der Waals surface area contributed by atoms with Crippen LogP contribution in [0.15, 0.2) is 16.6 Å². The Balaban J connectivity index is 3.40. The number of benzene rings is 1. The first kappa shape index (κ1) is 14.0. The highest BCUT2D eigenvalue weighted by atomic mass is 79.9. The van der Waals surface area contributed by atoms with Gasteiger partial charge in [-0.3, -0.25) is 4.79 Å². The Labute approximate surface area is 105 Å². The number of ketones is 1. The first-order valence-corrected chi connectivity index (χ1v) is 5.48. The normalized spacial score (nSPS) is 11.4. The fourth-order valence-corrected chi connectivity index (χ4v) is 2.01. The van der Waals surface area contributed by atoms with Gasteiger partial charge in [-0.05, 0) is 19.1 Å². The lowest BCUT2D eigenvalue weighted by Gasteiger charge is -2.16. The van der Waals surface area contributed by atoms with Gasteiger partial charge in [-0.15, -0.1) is 0 Å². The second-order valence-electron chi connectivity index (χ2n) is 3.52. The Morgan fingerprint density at radius 2 is 2.00 bits per heavy atom. The fraction of sp³-hybridized carbons (Fsp3) is 0.364. The molecule has 0 aliphatic carbocycles. The molecular formula is C11H10BrF3O2. The van der Waals surface area contributed by atoms with Crippen LogP contribution in [0.3, 0.4) is 0 Å². The zero-order valence-corrected chi connectivity index (χ0v) is 10.8.